The lowest BCUT2D eigenvalue weighted by atomic mass is 9.96. The summed E-state index contributed by atoms with van der Waals surface area (Å²) in [5.41, 5.74) is 0. The van der Waals surface area contributed by atoms with Crippen molar-refractivity contribution in [1.29, 1.82) is 0 Å². The van der Waals surface area contributed by atoms with Crippen LogP contribution in [0.3, 0.4) is 0 Å². The number of halogens is 1. The molecular weight excluding hydrogens is 272 g/mol. The van der Waals surface area contributed by atoms with Crippen LogP contribution < -0.4 is 0 Å². The van der Waals surface area contributed by atoms with Gasteiger partial charge in [-0.3, -0.25) is 0 Å². The SMILES string of the molecule is CCc1ccc(C(Br)C2CCOCC2)s1. The molecular formula is C12H17BrOS. The Morgan fingerprint density at radius 2 is 2.20 bits per heavy atom. The second kappa shape index (κ2) is 5.46. The first kappa shape index (κ1) is 11.6. The second-order valence-corrected chi connectivity index (χ2v) is 6.20. The Balaban J connectivity index is 2.02. The van der Waals surface area contributed by atoms with Crippen LogP contribution in [0.2, 0.25) is 0 Å². The van der Waals surface area contributed by atoms with Crippen molar-refractivity contribution in [3.63, 3.8) is 0 Å². The molecule has 1 saturated heterocycles. The molecule has 0 bridgehead atoms. The van der Waals surface area contributed by atoms with Gasteiger partial charge in [0.2, 0.25) is 0 Å². The van der Waals surface area contributed by atoms with Crippen molar-refractivity contribution < 1.29 is 4.74 Å². The molecule has 0 aromatic carbocycles. The Bertz CT molecular complexity index is 304. The molecule has 1 unspecified atom stereocenters. The van der Waals surface area contributed by atoms with Gasteiger partial charge in [0.25, 0.3) is 0 Å². The quantitative estimate of drug-likeness (QED) is 0.759. The van der Waals surface area contributed by atoms with E-state index in [2.05, 4.69) is 35.0 Å². The van der Waals surface area contributed by atoms with E-state index in [-0.39, 0.29) is 0 Å². The molecule has 1 aliphatic rings. The summed E-state index contributed by atoms with van der Waals surface area (Å²) in [5, 5.41) is 0. The Kier molecular flexibility index (Phi) is 4.23. The van der Waals surface area contributed by atoms with E-state index in [4.69, 9.17) is 4.74 Å². The topological polar surface area (TPSA) is 9.23 Å². The monoisotopic (exact) mass is 288 g/mol. The highest BCUT2D eigenvalue weighted by molar-refractivity contribution is 9.09. The number of ether oxygens (including phenoxy) is 1. The number of alkyl halides is 1. The lowest BCUT2D eigenvalue weighted by Gasteiger charge is -2.25. The first-order valence-electron chi connectivity index (χ1n) is 5.61. The van der Waals surface area contributed by atoms with E-state index >= 15 is 0 Å². The van der Waals surface area contributed by atoms with Crippen molar-refractivity contribution in [2.75, 3.05) is 13.2 Å². The minimum Gasteiger partial charge on any atom is -0.381 e. The van der Waals surface area contributed by atoms with Crippen LogP contribution in [0.25, 0.3) is 0 Å². The van der Waals surface area contributed by atoms with Crippen LogP contribution in [0.5, 0.6) is 0 Å². The smallest absolute Gasteiger partial charge is 0.0519 e. The zero-order valence-electron chi connectivity index (χ0n) is 9.04. The van der Waals surface area contributed by atoms with Crippen LogP contribution in [-0.4, -0.2) is 13.2 Å². The molecule has 3 heteroatoms. The van der Waals surface area contributed by atoms with E-state index in [1.807, 2.05) is 11.3 Å². The molecule has 1 nitrogen and oxygen atoms in total. The first-order chi connectivity index (χ1) is 7.31. The predicted molar refractivity (Wildman–Crippen MR) is 68.9 cm³/mol. The Labute approximate surface area is 104 Å². The van der Waals surface area contributed by atoms with E-state index in [0.29, 0.717) is 4.83 Å². The van der Waals surface area contributed by atoms with Crippen LogP contribution >= 0.6 is 27.3 Å². The van der Waals surface area contributed by atoms with Crippen molar-refractivity contribution >= 4 is 27.3 Å². The van der Waals surface area contributed by atoms with Gasteiger partial charge in [-0.2, -0.15) is 0 Å². The minimum absolute atomic E-state index is 0.534. The lowest BCUT2D eigenvalue weighted by molar-refractivity contribution is 0.0664. The predicted octanol–water partition coefficient (Wildman–Crippen LogP) is 4.17. The molecule has 84 valence electrons. The summed E-state index contributed by atoms with van der Waals surface area (Å²) in [6.45, 7) is 4.07. The molecule has 1 aromatic rings. The molecule has 2 heterocycles. The normalized spacial score (nSPS) is 20.4. The molecule has 2 rings (SSSR count). The summed E-state index contributed by atoms with van der Waals surface area (Å²) < 4.78 is 5.39. The van der Waals surface area contributed by atoms with Gasteiger partial charge in [0, 0.05) is 23.0 Å². The van der Waals surface area contributed by atoms with Crippen molar-refractivity contribution in [3.05, 3.63) is 21.9 Å². The maximum Gasteiger partial charge on any atom is 0.0519 e. The molecule has 0 amide bonds. The van der Waals surface area contributed by atoms with Crippen LogP contribution in [-0.2, 0) is 11.2 Å². The van der Waals surface area contributed by atoms with Crippen molar-refractivity contribution in [2.24, 2.45) is 5.92 Å². The maximum absolute atomic E-state index is 5.39. The molecule has 15 heavy (non-hydrogen) atoms. The number of hydrogen-bond donors (Lipinski definition) is 0. The molecule has 0 aliphatic carbocycles. The second-order valence-electron chi connectivity index (χ2n) is 4.01. The van der Waals surface area contributed by atoms with Crippen molar-refractivity contribution in [2.45, 2.75) is 31.0 Å². The third-order valence-corrected chi connectivity index (χ3v) is 5.84. The molecule has 0 spiro atoms. The molecule has 0 radical (unpaired) electrons. The van der Waals surface area contributed by atoms with Gasteiger partial charge in [0.1, 0.15) is 0 Å². The zero-order chi connectivity index (χ0) is 10.7. The van der Waals surface area contributed by atoms with Gasteiger partial charge in [-0.15, -0.1) is 11.3 Å². The van der Waals surface area contributed by atoms with E-state index in [1.54, 1.807) is 0 Å². The molecule has 1 aromatic heterocycles. The van der Waals surface area contributed by atoms with Crippen LogP contribution in [0.4, 0.5) is 0 Å². The fourth-order valence-electron chi connectivity index (χ4n) is 1.97. The van der Waals surface area contributed by atoms with Gasteiger partial charge in [0.05, 0.1) is 4.83 Å². The van der Waals surface area contributed by atoms with Gasteiger partial charge >= 0.3 is 0 Å². The third-order valence-electron chi connectivity index (χ3n) is 2.98. The summed E-state index contributed by atoms with van der Waals surface area (Å²) >= 11 is 5.79. The average molecular weight is 289 g/mol. The van der Waals surface area contributed by atoms with Crippen molar-refractivity contribution in [3.8, 4) is 0 Å². The summed E-state index contributed by atoms with van der Waals surface area (Å²) in [6, 6.07) is 4.53. The molecule has 0 saturated carbocycles. The number of rotatable bonds is 3. The third kappa shape index (κ3) is 2.83. The van der Waals surface area contributed by atoms with E-state index in [0.717, 1.165) is 25.6 Å². The maximum atomic E-state index is 5.39. The van der Waals surface area contributed by atoms with Gasteiger partial charge < -0.3 is 4.74 Å². The molecule has 0 N–H and O–H groups in total. The fourth-order valence-corrected chi connectivity index (χ4v) is 3.96. The highest BCUT2D eigenvalue weighted by Crippen LogP contribution is 2.39. The number of hydrogen-bond acceptors (Lipinski definition) is 2. The Hall–Kier alpha value is 0.140. The lowest BCUT2D eigenvalue weighted by Crippen LogP contribution is -2.18. The molecule has 1 atom stereocenters. The van der Waals surface area contributed by atoms with E-state index in [1.165, 1.54) is 22.6 Å². The summed E-state index contributed by atoms with van der Waals surface area (Å²) in [7, 11) is 0. The summed E-state index contributed by atoms with van der Waals surface area (Å²) in [6.07, 6.45) is 3.53. The zero-order valence-corrected chi connectivity index (χ0v) is 11.4. The standard InChI is InChI=1S/C12H17BrOS/c1-2-10-3-4-11(15-10)12(13)9-5-7-14-8-6-9/h3-4,9,12H,2,5-8H2,1H3. The number of aryl methyl sites for hydroxylation is 1. The summed E-state index contributed by atoms with van der Waals surface area (Å²) in [4.78, 5) is 3.51. The Morgan fingerprint density at radius 1 is 1.47 bits per heavy atom. The van der Waals surface area contributed by atoms with Crippen molar-refractivity contribution in [1.82, 2.24) is 0 Å². The van der Waals surface area contributed by atoms with Gasteiger partial charge in [-0.1, -0.05) is 22.9 Å². The number of thiophene rings is 1. The van der Waals surface area contributed by atoms with E-state index < -0.39 is 0 Å². The molecule has 1 aliphatic heterocycles. The Morgan fingerprint density at radius 3 is 2.80 bits per heavy atom. The van der Waals surface area contributed by atoms with Gasteiger partial charge in [0.15, 0.2) is 0 Å². The minimum atomic E-state index is 0.534. The highest BCUT2D eigenvalue weighted by Gasteiger charge is 2.24. The van der Waals surface area contributed by atoms with Gasteiger partial charge in [-0.25, -0.2) is 0 Å². The highest BCUT2D eigenvalue weighted by atomic mass is 79.9. The fraction of sp³-hybridized carbons (Fsp3) is 0.667. The van der Waals surface area contributed by atoms with Crippen LogP contribution in [0.15, 0.2) is 12.1 Å². The first-order valence-corrected chi connectivity index (χ1v) is 7.35. The largest absolute Gasteiger partial charge is 0.381 e. The summed E-state index contributed by atoms with van der Waals surface area (Å²) in [5.74, 6) is 0.752. The van der Waals surface area contributed by atoms with Gasteiger partial charge in [-0.05, 0) is 37.3 Å². The van der Waals surface area contributed by atoms with Crippen LogP contribution in [0.1, 0.15) is 34.3 Å². The van der Waals surface area contributed by atoms with E-state index in [9.17, 15) is 0 Å². The van der Waals surface area contributed by atoms with Crippen LogP contribution in [0, 0.1) is 5.92 Å². The molecule has 1 fully saturated rings. The average Bonchev–Trinajstić information content (AvgIpc) is 2.78.